The van der Waals surface area contributed by atoms with Crippen molar-refractivity contribution in [2.75, 3.05) is 0 Å². The first-order valence-electron chi connectivity index (χ1n) is 10.3. The number of hydrogen-bond acceptors (Lipinski definition) is 7. The highest BCUT2D eigenvalue weighted by Gasteiger charge is 2.53. The van der Waals surface area contributed by atoms with Crippen LogP contribution in [-0.2, 0) is 4.79 Å². The van der Waals surface area contributed by atoms with E-state index in [-0.39, 0.29) is 11.3 Å². The van der Waals surface area contributed by atoms with E-state index in [1.165, 1.54) is 18.3 Å². The smallest absolute Gasteiger partial charge is 0.270 e. The highest BCUT2D eigenvalue weighted by Crippen LogP contribution is 2.47. The minimum atomic E-state index is -1.07. The number of carbonyl (C=O) groups is 1. The highest BCUT2D eigenvalue weighted by molar-refractivity contribution is 7.07. The third-order valence-electron chi connectivity index (χ3n) is 6.06. The molecule has 2 aromatic heterocycles. The number of nitrogens with zero attached hydrogens (tertiary/aromatic N) is 4. The number of Topliss-reactive ketones (excluding diaryl/α,β-unsaturated/α-hetero) is 1. The summed E-state index contributed by atoms with van der Waals surface area (Å²) < 4.78 is 8.34. The molecular weight excluding hydrogens is 424 g/mol. The summed E-state index contributed by atoms with van der Waals surface area (Å²) in [7, 11) is 0. The van der Waals surface area contributed by atoms with Crippen LogP contribution in [0.3, 0.4) is 0 Å². The van der Waals surface area contributed by atoms with Crippen LogP contribution in [-0.4, -0.2) is 26.0 Å². The van der Waals surface area contributed by atoms with E-state index in [1.54, 1.807) is 16.8 Å². The summed E-state index contributed by atoms with van der Waals surface area (Å²) in [6.45, 7) is 3.34. The van der Waals surface area contributed by atoms with Crippen LogP contribution in [0.1, 0.15) is 31.1 Å². The topological polar surface area (TPSA) is 86.4 Å². The van der Waals surface area contributed by atoms with Crippen molar-refractivity contribution in [2.45, 2.75) is 25.6 Å². The lowest BCUT2D eigenvalue weighted by Gasteiger charge is -2.45. The van der Waals surface area contributed by atoms with Crippen LogP contribution in [0.5, 0.6) is 5.75 Å². The standard InChI is InChI=1S/C24H18N4O3S/c1-13(29)20-21-15-7-3-6-10-18(15)31-24(20,2)27-23-28(21)22(30)19(32-23)11-14-12-25-16-8-4-5-9-17(16)26-14/h3-12,20-21H,1-2H3/b19-11-/t20-,21-,24-/m1/s1. The Balaban J connectivity index is 1.60. The van der Waals surface area contributed by atoms with Gasteiger partial charge in [-0.3, -0.25) is 19.1 Å². The zero-order valence-electron chi connectivity index (χ0n) is 17.4. The first-order valence-corrected chi connectivity index (χ1v) is 11.1. The fourth-order valence-corrected chi connectivity index (χ4v) is 5.82. The lowest BCUT2D eigenvalue weighted by molar-refractivity contribution is -0.132. The molecule has 0 amide bonds. The second-order valence-corrected chi connectivity index (χ2v) is 9.20. The molecule has 2 bridgehead atoms. The molecule has 0 N–H and O–H groups in total. The molecule has 8 heteroatoms. The van der Waals surface area contributed by atoms with Crippen LogP contribution < -0.4 is 19.6 Å². The van der Waals surface area contributed by atoms with Gasteiger partial charge < -0.3 is 4.74 Å². The fraction of sp³-hybridized carbons (Fsp3) is 0.208. The zero-order valence-corrected chi connectivity index (χ0v) is 18.2. The van der Waals surface area contributed by atoms with Crippen LogP contribution >= 0.6 is 11.3 Å². The summed E-state index contributed by atoms with van der Waals surface area (Å²) in [5, 5.41) is 0. The van der Waals surface area contributed by atoms with E-state index in [1.807, 2.05) is 55.5 Å². The average molecular weight is 443 g/mol. The molecular formula is C24H18N4O3S. The lowest BCUT2D eigenvalue weighted by atomic mass is 9.79. The second kappa shape index (κ2) is 6.67. The molecule has 2 aliphatic rings. The summed E-state index contributed by atoms with van der Waals surface area (Å²) in [6.07, 6.45) is 3.38. The number of ketones is 1. The van der Waals surface area contributed by atoms with E-state index < -0.39 is 17.7 Å². The van der Waals surface area contributed by atoms with Gasteiger partial charge >= 0.3 is 0 Å². The SMILES string of the molecule is CC(=O)[C@@H]1[C@H]2c3ccccc3O[C@@]1(C)N=c1s/c(=C\c3cnc4ccccc4n3)c(=O)n12. The van der Waals surface area contributed by atoms with Crippen LogP contribution in [0.25, 0.3) is 17.1 Å². The van der Waals surface area contributed by atoms with Crippen molar-refractivity contribution >= 4 is 34.2 Å². The Labute approximate surface area is 186 Å². The first kappa shape index (κ1) is 19.1. The monoisotopic (exact) mass is 442 g/mol. The molecule has 0 spiro atoms. The number of para-hydroxylation sites is 3. The Bertz CT molecular complexity index is 1610. The summed E-state index contributed by atoms with van der Waals surface area (Å²) in [4.78, 5) is 40.6. The van der Waals surface area contributed by atoms with Crippen LogP contribution in [0.15, 0.2) is 64.5 Å². The maximum absolute atomic E-state index is 13.5. The van der Waals surface area contributed by atoms with Gasteiger partial charge in [0.15, 0.2) is 4.80 Å². The normalized spacial score (nSPS) is 23.8. The van der Waals surface area contributed by atoms with Crippen molar-refractivity contribution in [3.8, 4) is 5.75 Å². The maximum atomic E-state index is 13.5. The second-order valence-electron chi connectivity index (χ2n) is 8.19. The Morgan fingerprint density at radius 3 is 2.72 bits per heavy atom. The van der Waals surface area contributed by atoms with Crippen molar-refractivity contribution in [2.24, 2.45) is 10.9 Å². The van der Waals surface area contributed by atoms with Crippen molar-refractivity contribution in [3.05, 3.63) is 85.7 Å². The minimum absolute atomic E-state index is 0.0644. The van der Waals surface area contributed by atoms with Crippen LogP contribution in [0.4, 0.5) is 0 Å². The molecule has 0 radical (unpaired) electrons. The van der Waals surface area contributed by atoms with Crippen LogP contribution in [0, 0.1) is 5.92 Å². The molecule has 158 valence electrons. The number of aromatic nitrogens is 3. The predicted octanol–water partition coefficient (Wildman–Crippen LogP) is 2.22. The van der Waals surface area contributed by atoms with E-state index in [0.717, 1.165) is 16.6 Å². The molecule has 32 heavy (non-hydrogen) atoms. The number of fused-ring (bicyclic) bond motifs is 7. The van der Waals surface area contributed by atoms with Crippen molar-refractivity contribution in [1.29, 1.82) is 0 Å². The number of hydrogen-bond donors (Lipinski definition) is 0. The molecule has 0 saturated heterocycles. The third-order valence-corrected chi connectivity index (χ3v) is 7.05. The summed E-state index contributed by atoms with van der Waals surface area (Å²) >= 11 is 1.28. The Hall–Kier alpha value is -3.65. The Morgan fingerprint density at radius 2 is 1.91 bits per heavy atom. The lowest BCUT2D eigenvalue weighted by Crippen LogP contribution is -2.58. The van der Waals surface area contributed by atoms with Gasteiger partial charge in [-0.1, -0.05) is 41.7 Å². The number of carbonyl (C=O) groups excluding carboxylic acids is 1. The first-order chi connectivity index (χ1) is 15.4. The van der Waals surface area contributed by atoms with E-state index in [2.05, 4.69) is 9.97 Å². The molecule has 2 aliphatic heterocycles. The van der Waals surface area contributed by atoms with Crippen molar-refractivity contribution in [1.82, 2.24) is 14.5 Å². The van der Waals surface area contributed by atoms with E-state index >= 15 is 0 Å². The number of ether oxygens (including phenoxy) is 1. The number of benzene rings is 2. The largest absolute Gasteiger partial charge is 0.465 e. The van der Waals surface area contributed by atoms with Gasteiger partial charge in [-0.05, 0) is 38.1 Å². The minimum Gasteiger partial charge on any atom is -0.465 e. The average Bonchev–Trinajstić information content (AvgIpc) is 3.06. The maximum Gasteiger partial charge on any atom is 0.270 e. The number of rotatable bonds is 2. The molecule has 7 nitrogen and oxygen atoms in total. The van der Waals surface area contributed by atoms with E-state index in [4.69, 9.17) is 9.73 Å². The Morgan fingerprint density at radius 1 is 1.16 bits per heavy atom. The van der Waals surface area contributed by atoms with Gasteiger partial charge in [0.05, 0.1) is 33.5 Å². The predicted molar refractivity (Wildman–Crippen MR) is 120 cm³/mol. The van der Waals surface area contributed by atoms with Crippen molar-refractivity contribution < 1.29 is 9.53 Å². The van der Waals surface area contributed by atoms with Gasteiger partial charge in [-0.15, -0.1) is 0 Å². The molecule has 0 unspecified atom stereocenters. The molecule has 3 atom stereocenters. The molecule has 0 saturated carbocycles. The van der Waals surface area contributed by atoms with Gasteiger partial charge in [-0.2, -0.15) is 0 Å². The molecule has 2 aromatic carbocycles. The Kier molecular flexibility index (Phi) is 3.98. The molecule has 4 aromatic rings. The molecule has 6 rings (SSSR count). The van der Waals surface area contributed by atoms with Gasteiger partial charge in [0.1, 0.15) is 17.5 Å². The van der Waals surface area contributed by atoms with Crippen LogP contribution in [0.2, 0.25) is 0 Å². The molecule has 0 fully saturated rings. The van der Waals surface area contributed by atoms with Gasteiger partial charge in [0, 0.05) is 5.56 Å². The van der Waals surface area contributed by atoms with Gasteiger partial charge in [0.25, 0.3) is 5.56 Å². The zero-order chi connectivity index (χ0) is 22.0. The summed E-state index contributed by atoms with van der Waals surface area (Å²) in [5.41, 5.74) is 1.70. The summed E-state index contributed by atoms with van der Waals surface area (Å²) in [5.74, 6) is -0.00753. The fourth-order valence-electron chi connectivity index (χ4n) is 4.73. The number of thiazole rings is 1. The van der Waals surface area contributed by atoms with Gasteiger partial charge in [-0.25, -0.2) is 9.98 Å². The van der Waals surface area contributed by atoms with E-state index in [9.17, 15) is 9.59 Å². The third kappa shape index (κ3) is 2.69. The molecule has 0 aliphatic carbocycles. The van der Waals surface area contributed by atoms with E-state index in [0.29, 0.717) is 20.8 Å². The van der Waals surface area contributed by atoms with Gasteiger partial charge in [0.2, 0.25) is 5.72 Å². The highest BCUT2D eigenvalue weighted by atomic mass is 32.1. The van der Waals surface area contributed by atoms with Crippen molar-refractivity contribution in [3.63, 3.8) is 0 Å². The quantitative estimate of drug-likeness (QED) is 0.475. The summed E-state index contributed by atoms with van der Waals surface area (Å²) in [6, 6.07) is 14.7. The molecule has 4 heterocycles.